The number of aliphatic hydroxyl groups is 2. The van der Waals surface area contributed by atoms with E-state index in [1.165, 1.54) is 11.2 Å². The average molecular weight is 450 g/mol. The van der Waals surface area contributed by atoms with E-state index in [-0.39, 0.29) is 12.6 Å². The number of nitrogens with one attached hydrogen (secondary N) is 1. The highest BCUT2D eigenvalue weighted by Crippen LogP contribution is 2.32. The average Bonchev–Trinajstić information content (AvgIpc) is 3.51. The molecule has 0 spiro atoms. The maximum absolute atomic E-state index is 12.8. The second-order valence-corrected chi connectivity index (χ2v) is 8.02. The van der Waals surface area contributed by atoms with Crippen LogP contribution in [0.2, 0.25) is 0 Å². The van der Waals surface area contributed by atoms with Gasteiger partial charge in [-0.1, -0.05) is 59.8 Å². The third-order valence-corrected chi connectivity index (χ3v) is 5.83. The largest absolute Gasteiger partial charge is 0.394 e. The van der Waals surface area contributed by atoms with Gasteiger partial charge in [-0.25, -0.2) is 0 Å². The molecule has 1 aliphatic heterocycles. The minimum Gasteiger partial charge on any atom is -0.394 e. The van der Waals surface area contributed by atoms with Crippen LogP contribution in [0.5, 0.6) is 0 Å². The van der Waals surface area contributed by atoms with Crippen LogP contribution in [0.4, 0.5) is 5.69 Å². The Morgan fingerprint density at radius 2 is 1.85 bits per heavy atom. The zero-order valence-electron chi connectivity index (χ0n) is 17.9. The van der Waals surface area contributed by atoms with Gasteiger partial charge >= 0.3 is 0 Å². The fourth-order valence-electron chi connectivity index (χ4n) is 4.04. The fourth-order valence-corrected chi connectivity index (χ4v) is 4.04. The molecule has 0 radical (unpaired) electrons. The number of amides is 2. The predicted octanol–water partition coefficient (Wildman–Crippen LogP) is 1.63. The summed E-state index contributed by atoms with van der Waals surface area (Å²) in [6.07, 6.45) is -0.811. The number of carbonyl (C=O) groups is 2. The summed E-state index contributed by atoms with van der Waals surface area (Å²) in [5, 5.41) is 27.1. The molecule has 0 unspecified atom stereocenters. The van der Waals surface area contributed by atoms with Gasteiger partial charge < -0.3 is 30.7 Å². The molecule has 2 heterocycles. The van der Waals surface area contributed by atoms with Gasteiger partial charge in [0.15, 0.2) is 12.2 Å². The third kappa shape index (κ3) is 4.89. The third-order valence-electron chi connectivity index (χ3n) is 5.83. The molecule has 5 N–H and O–H groups in total. The summed E-state index contributed by atoms with van der Waals surface area (Å²) in [4.78, 5) is 26.8. The lowest BCUT2D eigenvalue weighted by Gasteiger charge is -2.28. The molecule has 4 rings (SSSR count). The van der Waals surface area contributed by atoms with E-state index < -0.39 is 24.0 Å². The lowest BCUT2D eigenvalue weighted by atomic mass is 10.0. The number of aromatic nitrogens is 1. The Bertz CT molecular complexity index is 1100. The Morgan fingerprint density at radius 3 is 2.52 bits per heavy atom. The number of rotatable bonds is 7. The number of nitrogens with two attached hydrogens (primary N) is 1. The maximum atomic E-state index is 12.8. The smallest absolute Gasteiger partial charge is 0.255 e. The summed E-state index contributed by atoms with van der Waals surface area (Å²) >= 11 is 0. The van der Waals surface area contributed by atoms with Gasteiger partial charge in [-0.05, 0) is 24.0 Å². The molecule has 1 fully saturated rings. The Balaban J connectivity index is 1.34. The van der Waals surface area contributed by atoms with Crippen molar-refractivity contribution in [3.05, 3.63) is 72.0 Å². The molecule has 9 nitrogen and oxygen atoms in total. The Morgan fingerprint density at radius 1 is 1.12 bits per heavy atom. The normalized spacial score (nSPS) is 17.5. The van der Waals surface area contributed by atoms with Crippen LogP contribution in [0.15, 0.2) is 65.4 Å². The fraction of sp³-hybridized carbons (Fsp3) is 0.292. The van der Waals surface area contributed by atoms with E-state index in [0.29, 0.717) is 17.9 Å². The number of carbonyl (C=O) groups excluding carboxylic acids is 2. The number of anilines is 1. The standard InChI is InChI=1S/C24H26N4O5/c25-18-14-33-27-20(18)17-10-8-15(9-11-17)13-26-23(31)21(29)22(30)24(32)28-12-4-7-19(28)16-5-2-1-3-6-16/h1-3,5-6,8-11,14,19,21-22,29-30H,4,7,12-13,25H2,(H,26,31)/t19-,21-,22-/m1/s1. The number of likely N-dealkylation sites (tertiary alicyclic amines) is 1. The molecule has 9 heteroatoms. The first-order valence-corrected chi connectivity index (χ1v) is 10.7. The Kier molecular flexibility index (Phi) is 6.71. The minimum atomic E-state index is -1.87. The van der Waals surface area contributed by atoms with E-state index in [0.717, 1.165) is 29.5 Å². The van der Waals surface area contributed by atoms with Crippen molar-refractivity contribution in [1.82, 2.24) is 15.4 Å². The number of hydrogen-bond donors (Lipinski definition) is 4. The van der Waals surface area contributed by atoms with Crippen molar-refractivity contribution in [2.45, 2.75) is 37.6 Å². The van der Waals surface area contributed by atoms with Crippen LogP contribution in [0.3, 0.4) is 0 Å². The summed E-state index contributed by atoms with van der Waals surface area (Å²) in [5.41, 5.74) is 9.21. The van der Waals surface area contributed by atoms with Crippen LogP contribution >= 0.6 is 0 Å². The lowest BCUT2D eigenvalue weighted by Crippen LogP contribution is -2.50. The van der Waals surface area contributed by atoms with Crippen molar-refractivity contribution in [3.63, 3.8) is 0 Å². The van der Waals surface area contributed by atoms with Crippen LogP contribution in [-0.4, -0.2) is 50.8 Å². The van der Waals surface area contributed by atoms with Crippen molar-refractivity contribution in [1.29, 1.82) is 0 Å². The summed E-state index contributed by atoms with van der Waals surface area (Å²) in [7, 11) is 0. The molecule has 3 atom stereocenters. The molecule has 33 heavy (non-hydrogen) atoms. The number of hydrogen-bond acceptors (Lipinski definition) is 7. The van der Waals surface area contributed by atoms with E-state index in [1.54, 1.807) is 24.3 Å². The highest BCUT2D eigenvalue weighted by atomic mass is 16.5. The van der Waals surface area contributed by atoms with E-state index in [1.807, 2.05) is 30.3 Å². The maximum Gasteiger partial charge on any atom is 0.255 e. The molecule has 0 saturated carbocycles. The van der Waals surface area contributed by atoms with Gasteiger partial charge in [0.1, 0.15) is 17.6 Å². The van der Waals surface area contributed by atoms with E-state index in [9.17, 15) is 19.8 Å². The van der Waals surface area contributed by atoms with Gasteiger partial charge in [-0.15, -0.1) is 0 Å². The van der Waals surface area contributed by atoms with Gasteiger partial charge in [-0.2, -0.15) is 0 Å². The van der Waals surface area contributed by atoms with Crippen LogP contribution in [-0.2, 0) is 16.1 Å². The monoisotopic (exact) mass is 450 g/mol. The van der Waals surface area contributed by atoms with Gasteiger partial charge in [-0.3, -0.25) is 9.59 Å². The summed E-state index contributed by atoms with van der Waals surface area (Å²) in [6.45, 7) is 0.577. The summed E-state index contributed by atoms with van der Waals surface area (Å²) < 4.78 is 4.83. The Hall–Kier alpha value is -3.69. The number of benzene rings is 2. The first-order chi connectivity index (χ1) is 16.0. The Labute approximate surface area is 190 Å². The molecule has 1 aliphatic rings. The van der Waals surface area contributed by atoms with Gasteiger partial charge in [0.05, 0.1) is 6.04 Å². The molecule has 3 aromatic rings. The molecular weight excluding hydrogens is 424 g/mol. The zero-order valence-corrected chi connectivity index (χ0v) is 17.9. The van der Waals surface area contributed by atoms with Crippen molar-refractivity contribution in [2.75, 3.05) is 12.3 Å². The second-order valence-electron chi connectivity index (χ2n) is 8.02. The van der Waals surface area contributed by atoms with E-state index in [2.05, 4.69) is 10.5 Å². The summed E-state index contributed by atoms with van der Waals surface area (Å²) in [5.74, 6) is -1.48. The lowest BCUT2D eigenvalue weighted by molar-refractivity contribution is -0.153. The molecule has 0 aliphatic carbocycles. The highest BCUT2D eigenvalue weighted by Gasteiger charge is 2.38. The van der Waals surface area contributed by atoms with E-state index >= 15 is 0 Å². The first kappa shape index (κ1) is 22.5. The van der Waals surface area contributed by atoms with Crippen molar-refractivity contribution in [2.24, 2.45) is 0 Å². The van der Waals surface area contributed by atoms with Crippen molar-refractivity contribution < 1.29 is 24.3 Å². The number of aliphatic hydroxyl groups excluding tert-OH is 2. The SMILES string of the molecule is Nc1conc1-c1ccc(CNC(=O)[C@H](O)[C@@H](O)C(=O)N2CCC[C@@H]2c2ccccc2)cc1. The summed E-state index contributed by atoms with van der Waals surface area (Å²) in [6, 6.07) is 16.4. The van der Waals surface area contributed by atoms with Crippen molar-refractivity contribution in [3.8, 4) is 11.3 Å². The molecule has 0 bridgehead atoms. The molecule has 172 valence electrons. The molecule has 1 saturated heterocycles. The zero-order chi connectivity index (χ0) is 23.4. The van der Waals surface area contributed by atoms with Crippen LogP contribution < -0.4 is 11.1 Å². The quantitative estimate of drug-likeness (QED) is 0.428. The molecule has 1 aromatic heterocycles. The van der Waals surface area contributed by atoms with E-state index in [4.69, 9.17) is 10.3 Å². The first-order valence-electron chi connectivity index (χ1n) is 10.7. The van der Waals surface area contributed by atoms with Crippen LogP contribution in [0.1, 0.15) is 30.0 Å². The number of nitrogens with zero attached hydrogens (tertiary/aromatic N) is 2. The predicted molar refractivity (Wildman–Crippen MR) is 120 cm³/mol. The molecule has 2 aromatic carbocycles. The van der Waals surface area contributed by atoms with Crippen LogP contribution in [0.25, 0.3) is 11.3 Å². The van der Waals surface area contributed by atoms with Gasteiger partial charge in [0.2, 0.25) is 0 Å². The minimum absolute atomic E-state index is 0.113. The van der Waals surface area contributed by atoms with Gasteiger partial charge in [0, 0.05) is 18.7 Å². The van der Waals surface area contributed by atoms with Crippen molar-refractivity contribution >= 4 is 17.5 Å². The topological polar surface area (TPSA) is 142 Å². The second kappa shape index (κ2) is 9.85. The number of nitrogen functional groups attached to an aromatic ring is 1. The van der Waals surface area contributed by atoms with Crippen LogP contribution in [0, 0.1) is 0 Å². The molecule has 2 amide bonds. The molecular formula is C24H26N4O5. The van der Waals surface area contributed by atoms with Gasteiger partial charge in [0.25, 0.3) is 11.8 Å². The highest BCUT2D eigenvalue weighted by molar-refractivity contribution is 5.91.